The Morgan fingerprint density at radius 1 is 0.767 bits per heavy atom. The number of ether oxygens (including phenoxy) is 1. The van der Waals surface area contributed by atoms with E-state index in [2.05, 4.69) is 0 Å². The second kappa shape index (κ2) is 8.22. The summed E-state index contributed by atoms with van der Waals surface area (Å²) in [6.07, 6.45) is -3.73. The third-order valence-electron chi connectivity index (χ3n) is 4.22. The van der Waals surface area contributed by atoms with Crippen molar-refractivity contribution in [1.82, 2.24) is 0 Å². The van der Waals surface area contributed by atoms with Gasteiger partial charge in [0, 0.05) is 0 Å². The van der Waals surface area contributed by atoms with Crippen molar-refractivity contribution in [3.05, 3.63) is 94.6 Å². The fourth-order valence-electron chi connectivity index (χ4n) is 2.74. The molecule has 0 heterocycles. The maximum atomic E-state index is 14.0. The Kier molecular flexibility index (Phi) is 5.87. The van der Waals surface area contributed by atoms with Crippen molar-refractivity contribution in [3.8, 4) is 11.5 Å². The smallest absolute Gasteiger partial charge is 0.422 e. The van der Waals surface area contributed by atoms with Gasteiger partial charge in [-0.3, -0.25) is 0 Å². The molecule has 0 aliphatic rings. The second-order valence-electron chi connectivity index (χ2n) is 6.32. The number of alkyl halides is 3. The molecule has 0 spiro atoms. The minimum atomic E-state index is -5.61. The van der Waals surface area contributed by atoms with Gasteiger partial charge in [-0.1, -0.05) is 48.5 Å². The van der Waals surface area contributed by atoms with Crippen molar-refractivity contribution in [2.75, 3.05) is 0 Å². The molecule has 0 aliphatic carbocycles. The Hall–Kier alpha value is -3.29. The van der Waals surface area contributed by atoms with Crippen LogP contribution < -0.4 is 4.74 Å². The first-order valence-electron chi connectivity index (χ1n) is 8.54. The van der Waals surface area contributed by atoms with Crippen molar-refractivity contribution in [2.45, 2.75) is 13.1 Å². The lowest BCUT2D eigenvalue weighted by atomic mass is 10.0. The lowest BCUT2D eigenvalue weighted by Gasteiger charge is -2.14. The number of hydrogen-bond acceptors (Lipinski definition) is 1. The predicted octanol–water partition coefficient (Wildman–Crippen LogP) is 7.61. The Labute approximate surface area is 167 Å². The predicted molar refractivity (Wildman–Crippen MR) is 97.8 cm³/mol. The van der Waals surface area contributed by atoms with E-state index in [1.54, 1.807) is 0 Å². The van der Waals surface area contributed by atoms with Crippen molar-refractivity contribution < 1.29 is 35.5 Å². The molecule has 8 heteroatoms. The normalized spacial score (nSPS) is 12.2. The number of allylic oxidation sites excluding steroid dienone is 1. The van der Waals surface area contributed by atoms with Crippen LogP contribution in [0.3, 0.4) is 0 Å². The molecule has 0 radical (unpaired) electrons. The summed E-state index contributed by atoms with van der Waals surface area (Å²) in [4.78, 5) is 0. The highest BCUT2D eigenvalue weighted by atomic mass is 19.4. The van der Waals surface area contributed by atoms with Gasteiger partial charge in [-0.2, -0.15) is 22.0 Å². The van der Waals surface area contributed by atoms with Crippen LogP contribution in [0.1, 0.15) is 23.6 Å². The van der Waals surface area contributed by atoms with Gasteiger partial charge in [0.15, 0.2) is 11.6 Å². The van der Waals surface area contributed by atoms with Gasteiger partial charge in [0.05, 0.1) is 0 Å². The van der Waals surface area contributed by atoms with Crippen LogP contribution >= 0.6 is 0 Å². The first kappa shape index (κ1) is 21.4. The maximum absolute atomic E-state index is 14.0. The molecule has 156 valence electrons. The lowest BCUT2D eigenvalue weighted by molar-refractivity contribution is -0.143. The van der Waals surface area contributed by atoms with Crippen molar-refractivity contribution in [2.24, 2.45) is 0 Å². The zero-order valence-electron chi connectivity index (χ0n) is 15.3. The molecule has 0 atom stereocenters. The van der Waals surface area contributed by atoms with Gasteiger partial charge in [0.2, 0.25) is 17.4 Å². The van der Waals surface area contributed by atoms with Gasteiger partial charge in [-0.15, -0.1) is 0 Å². The molecular formula is C22H13F7O. The quantitative estimate of drug-likeness (QED) is 0.237. The number of rotatable bonds is 4. The van der Waals surface area contributed by atoms with Crippen LogP contribution in [0.2, 0.25) is 0 Å². The van der Waals surface area contributed by atoms with Gasteiger partial charge in [-0.05, 0) is 35.8 Å². The Morgan fingerprint density at radius 2 is 1.30 bits per heavy atom. The van der Waals surface area contributed by atoms with E-state index >= 15 is 0 Å². The molecule has 3 rings (SSSR count). The van der Waals surface area contributed by atoms with E-state index in [4.69, 9.17) is 4.74 Å². The Bertz CT molecular complexity index is 1060. The summed E-state index contributed by atoms with van der Waals surface area (Å²) >= 11 is 0. The average molecular weight is 426 g/mol. The summed E-state index contributed by atoms with van der Waals surface area (Å²) < 4.78 is 98.0. The number of halogens is 7. The summed E-state index contributed by atoms with van der Waals surface area (Å²) in [6, 6.07) is 15.0. The molecule has 1 nitrogen and oxygen atoms in total. The fraction of sp³-hybridized carbons (Fsp3) is 0.0909. The van der Waals surface area contributed by atoms with E-state index in [0.29, 0.717) is 0 Å². The van der Waals surface area contributed by atoms with Gasteiger partial charge in [-0.25, -0.2) is 8.78 Å². The lowest BCUT2D eigenvalue weighted by Crippen LogP contribution is -2.15. The number of benzene rings is 3. The molecule has 3 aromatic rings. The zero-order valence-corrected chi connectivity index (χ0v) is 15.3. The van der Waals surface area contributed by atoms with Crippen molar-refractivity contribution in [1.29, 1.82) is 0 Å². The molecule has 0 fully saturated rings. The van der Waals surface area contributed by atoms with Crippen LogP contribution in [-0.4, -0.2) is 0 Å². The third-order valence-corrected chi connectivity index (χ3v) is 4.22. The topological polar surface area (TPSA) is 9.23 Å². The van der Waals surface area contributed by atoms with Crippen LogP contribution in [0.15, 0.2) is 54.6 Å². The first-order valence-corrected chi connectivity index (χ1v) is 8.54. The first-order chi connectivity index (χ1) is 14.1. The van der Waals surface area contributed by atoms with Crippen LogP contribution in [-0.2, 0) is 6.18 Å². The van der Waals surface area contributed by atoms with Crippen molar-refractivity contribution >= 4 is 11.6 Å². The van der Waals surface area contributed by atoms with E-state index in [-0.39, 0.29) is 5.75 Å². The molecule has 30 heavy (non-hydrogen) atoms. The van der Waals surface area contributed by atoms with Gasteiger partial charge in [0.25, 0.3) is 0 Å². The van der Waals surface area contributed by atoms with E-state index < -0.39 is 40.8 Å². The second-order valence-corrected chi connectivity index (χ2v) is 6.32. The summed E-state index contributed by atoms with van der Waals surface area (Å²) in [6.45, 7) is 1.82. The van der Waals surface area contributed by atoms with Crippen LogP contribution in [0.25, 0.3) is 11.6 Å². The minimum absolute atomic E-state index is 0.220. The average Bonchev–Trinajstić information content (AvgIpc) is 2.70. The summed E-state index contributed by atoms with van der Waals surface area (Å²) in [5.74, 6) is -11.5. The largest absolute Gasteiger partial charge is 0.451 e. The maximum Gasteiger partial charge on any atom is 0.422 e. The van der Waals surface area contributed by atoms with Gasteiger partial charge >= 0.3 is 6.18 Å². The number of hydrogen-bond donors (Lipinski definition) is 0. The molecule has 0 aromatic heterocycles. The highest BCUT2D eigenvalue weighted by Crippen LogP contribution is 2.40. The molecule has 0 aliphatic heterocycles. The third kappa shape index (κ3) is 4.32. The SMILES string of the molecule is CC(=Cc1ccccc1)c1ccc(Oc2c(F)c(F)c(C(F)(F)F)c(F)c2F)cc1. The molecule has 3 aromatic carbocycles. The molecule has 0 N–H and O–H groups in total. The fourth-order valence-corrected chi connectivity index (χ4v) is 2.74. The molecule has 0 saturated carbocycles. The molecule has 0 bridgehead atoms. The molecular weight excluding hydrogens is 413 g/mol. The van der Waals surface area contributed by atoms with E-state index in [0.717, 1.165) is 16.7 Å². The highest BCUT2D eigenvalue weighted by Gasteiger charge is 2.42. The van der Waals surface area contributed by atoms with Crippen LogP contribution in [0.5, 0.6) is 11.5 Å². The van der Waals surface area contributed by atoms with Crippen LogP contribution in [0.4, 0.5) is 30.7 Å². The summed E-state index contributed by atoms with van der Waals surface area (Å²) in [5.41, 5.74) is -0.147. The van der Waals surface area contributed by atoms with E-state index in [1.165, 1.54) is 24.3 Å². The minimum Gasteiger partial charge on any atom is -0.451 e. The molecule has 0 unspecified atom stereocenters. The molecule has 0 amide bonds. The Balaban J connectivity index is 1.90. The van der Waals surface area contributed by atoms with Gasteiger partial charge < -0.3 is 4.74 Å². The zero-order chi connectivity index (χ0) is 22.1. The monoisotopic (exact) mass is 426 g/mol. The van der Waals surface area contributed by atoms with Crippen molar-refractivity contribution in [3.63, 3.8) is 0 Å². The Morgan fingerprint density at radius 3 is 1.80 bits per heavy atom. The summed E-state index contributed by atoms with van der Waals surface area (Å²) in [7, 11) is 0. The van der Waals surface area contributed by atoms with E-state index in [9.17, 15) is 30.7 Å². The highest BCUT2D eigenvalue weighted by molar-refractivity contribution is 5.80. The standard InChI is InChI=1S/C22H13F7O/c1-12(11-13-5-3-2-4-6-13)14-7-9-15(10-8-14)30-21-19(25)17(23)16(22(27,28)29)18(24)20(21)26/h2-11H,1H3. The van der Waals surface area contributed by atoms with Crippen LogP contribution in [0, 0.1) is 23.3 Å². The summed E-state index contributed by atoms with van der Waals surface area (Å²) in [5, 5.41) is 0. The van der Waals surface area contributed by atoms with E-state index in [1.807, 2.05) is 43.3 Å². The molecule has 0 saturated heterocycles. The van der Waals surface area contributed by atoms with Gasteiger partial charge in [0.1, 0.15) is 11.3 Å².